The Balaban J connectivity index is 1.59. The molecule has 6 nitrogen and oxygen atoms in total. The lowest BCUT2D eigenvalue weighted by molar-refractivity contribution is 0.487. The van der Waals surface area contributed by atoms with Crippen LogP contribution in [0.1, 0.15) is 17.7 Å². The molecule has 9 heteroatoms. The van der Waals surface area contributed by atoms with E-state index < -0.39 is 5.82 Å². The first-order chi connectivity index (χ1) is 15.9. The number of hydrogen-bond acceptors (Lipinski definition) is 5. The van der Waals surface area contributed by atoms with Crippen molar-refractivity contribution in [3.63, 3.8) is 0 Å². The number of nitrogens with two attached hydrogens (primary N) is 1. The summed E-state index contributed by atoms with van der Waals surface area (Å²) in [6.45, 7) is 6.43. The van der Waals surface area contributed by atoms with Crippen LogP contribution in [0, 0.1) is 17.6 Å². The highest BCUT2D eigenvalue weighted by atomic mass is 35.5. The van der Waals surface area contributed by atoms with Crippen molar-refractivity contribution < 1.29 is 8.78 Å². The zero-order valence-electron chi connectivity index (χ0n) is 18.0. The second-order valence-electron chi connectivity index (χ2n) is 7.92. The van der Waals surface area contributed by atoms with Crippen molar-refractivity contribution in [1.29, 1.82) is 0 Å². The second kappa shape index (κ2) is 10.1. The summed E-state index contributed by atoms with van der Waals surface area (Å²) in [5.74, 6) is 0.594. The first kappa shape index (κ1) is 22.9. The maximum atomic E-state index is 14.7. The van der Waals surface area contributed by atoms with Gasteiger partial charge in [0.25, 0.3) is 0 Å². The van der Waals surface area contributed by atoms with Gasteiger partial charge < -0.3 is 20.9 Å². The van der Waals surface area contributed by atoms with Gasteiger partial charge in [-0.25, -0.2) is 18.8 Å². The van der Waals surface area contributed by atoms with Crippen molar-refractivity contribution in [2.75, 3.05) is 18.8 Å². The normalized spacial score (nSPS) is 15.9. The summed E-state index contributed by atoms with van der Waals surface area (Å²) in [5.41, 5.74) is 7.49. The van der Waals surface area contributed by atoms with E-state index in [1.165, 1.54) is 18.3 Å². The minimum atomic E-state index is -0.474. The first-order valence-corrected chi connectivity index (χ1v) is 11.0. The third-order valence-electron chi connectivity index (χ3n) is 5.61. The molecule has 1 aromatic heterocycles. The average Bonchev–Trinajstić information content (AvgIpc) is 3.41. The second-order valence-corrected chi connectivity index (χ2v) is 8.33. The largest absolute Gasteiger partial charge is 0.383 e. The summed E-state index contributed by atoms with van der Waals surface area (Å²) < 4.78 is 30.3. The predicted molar refractivity (Wildman–Crippen MR) is 128 cm³/mol. The Kier molecular flexibility index (Phi) is 7.05. The number of hydrogen-bond donors (Lipinski definition) is 3. The first-order valence-electron chi connectivity index (χ1n) is 10.7. The molecule has 0 spiro atoms. The fourth-order valence-electron chi connectivity index (χ4n) is 3.82. The molecule has 0 unspecified atom stereocenters. The molecule has 1 aliphatic heterocycles. The standard InChI is InChI=1S/C24H25ClF2N6/c1-15(30-12-17-5-2-3-7-19(17)26)31-13-21-23(28)33(14-16-9-10-29-11-16)24(32-21)22-18(25)6-4-8-20(22)27/h2-8,13,16,29-30H,1,9-12,14,28H2/t16-/m0/s1. The minimum Gasteiger partial charge on any atom is -0.383 e. The number of nitrogen functional groups attached to an aromatic ring is 1. The lowest BCUT2D eigenvalue weighted by Gasteiger charge is -2.15. The number of rotatable bonds is 8. The molecule has 0 amide bonds. The van der Waals surface area contributed by atoms with E-state index in [1.807, 2.05) is 0 Å². The summed E-state index contributed by atoms with van der Waals surface area (Å²) in [5, 5.41) is 6.54. The van der Waals surface area contributed by atoms with Crippen LogP contribution in [0.3, 0.4) is 0 Å². The van der Waals surface area contributed by atoms with Crippen LogP contribution in [0.2, 0.25) is 5.02 Å². The average molecular weight is 471 g/mol. The van der Waals surface area contributed by atoms with Crippen molar-refractivity contribution in [2.45, 2.75) is 19.5 Å². The quantitative estimate of drug-likeness (QED) is 0.427. The zero-order valence-corrected chi connectivity index (χ0v) is 18.7. The van der Waals surface area contributed by atoms with Gasteiger partial charge in [-0.1, -0.05) is 42.4 Å². The van der Waals surface area contributed by atoms with Gasteiger partial charge in [-0.3, -0.25) is 0 Å². The van der Waals surface area contributed by atoms with Crippen molar-refractivity contribution in [1.82, 2.24) is 20.2 Å². The molecule has 1 fully saturated rings. The number of imidazole rings is 1. The number of aromatic nitrogens is 2. The molecule has 1 aliphatic rings. The van der Waals surface area contributed by atoms with Crippen LogP contribution in [-0.4, -0.2) is 28.9 Å². The van der Waals surface area contributed by atoms with Gasteiger partial charge in [0.1, 0.15) is 34.8 Å². The topological polar surface area (TPSA) is 80.3 Å². The maximum Gasteiger partial charge on any atom is 0.146 e. The van der Waals surface area contributed by atoms with Gasteiger partial charge in [-0.2, -0.15) is 0 Å². The van der Waals surface area contributed by atoms with Crippen LogP contribution in [-0.2, 0) is 13.1 Å². The zero-order chi connectivity index (χ0) is 23.4. The summed E-state index contributed by atoms with van der Waals surface area (Å²) >= 11 is 6.32. The Labute approximate surface area is 196 Å². The number of aliphatic imine (C=N–C) groups is 1. The van der Waals surface area contributed by atoms with E-state index in [9.17, 15) is 8.78 Å². The van der Waals surface area contributed by atoms with E-state index in [0.717, 1.165) is 19.5 Å². The highest BCUT2D eigenvalue weighted by molar-refractivity contribution is 6.33. The molecule has 0 saturated carbocycles. The Morgan fingerprint density at radius 1 is 1.27 bits per heavy atom. The minimum absolute atomic E-state index is 0.202. The third-order valence-corrected chi connectivity index (χ3v) is 5.92. The number of nitrogens with zero attached hydrogens (tertiary/aromatic N) is 3. The summed E-state index contributed by atoms with van der Waals surface area (Å²) in [4.78, 5) is 8.84. The maximum absolute atomic E-state index is 14.7. The van der Waals surface area contributed by atoms with Crippen LogP contribution in [0.5, 0.6) is 0 Å². The Morgan fingerprint density at radius 3 is 2.79 bits per heavy atom. The molecule has 0 radical (unpaired) electrons. The lowest BCUT2D eigenvalue weighted by Crippen LogP contribution is -2.17. The molecule has 1 atom stereocenters. The fraction of sp³-hybridized carbons (Fsp3) is 0.250. The van der Waals surface area contributed by atoms with Crippen molar-refractivity contribution in [3.05, 3.63) is 82.8 Å². The monoisotopic (exact) mass is 470 g/mol. The van der Waals surface area contributed by atoms with Crippen LogP contribution >= 0.6 is 11.6 Å². The van der Waals surface area contributed by atoms with Gasteiger partial charge in [0.2, 0.25) is 0 Å². The summed E-state index contributed by atoms with van der Waals surface area (Å²) in [7, 11) is 0. The fourth-order valence-corrected chi connectivity index (χ4v) is 4.07. The van der Waals surface area contributed by atoms with Crippen LogP contribution in [0.15, 0.2) is 59.9 Å². The molecule has 0 aliphatic carbocycles. The van der Waals surface area contributed by atoms with E-state index in [4.69, 9.17) is 17.3 Å². The molecular weight excluding hydrogens is 446 g/mol. The Hall–Kier alpha value is -3.23. The Bertz CT molecular complexity index is 1160. The summed E-state index contributed by atoms with van der Waals surface area (Å²) in [6.07, 6.45) is 2.45. The summed E-state index contributed by atoms with van der Waals surface area (Å²) in [6, 6.07) is 11.0. The third kappa shape index (κ3) is 5.23. The molecule has 0 bridgehead atoms. The van der Waals surface area contributed by atoms with Gasteiger partial charge in [0, 0.05) is 18.7 Å². The smallest absolute Gasteiger partial charge is 0.146 e. The van der Waals surface area contributed by atoms with E-state index in [2.05, 4.69) is 27.2 Å². The molecule has 4 rings (SSSR count). The molecule has 33 heavy (non-hydrogen) atoms. The van der Waals surface area contributed by atoms with Crippen molar-refractivity contribution >= 4 is 23.6 Å². The lowest BCUT2D eigenvalue weighted by atomic mass is 10.1. The van der Waals surface area contributed by atoms with Crippen molar-refractivity contribution in [2.24, 2.45) is 10.9 Å². The number of halogens is 3. The van der Waals surface area contributed by atoms with E-state index in [1.54, 1.807) is 34.9 Å². The Morgan fingerprint density at radius 2 is 2.06 bits per heavy atom. The molecule has 172 valence electrons. The van der Waals surface area contributed by atoms with Crippen LogP contribution in [0.4, 0.5) is 14.6 Å². The number of nitrogens with one attached hydrogen (secondary N) is 2. The van der Waals surface area contributed by atoms with Gasteiger partial charge in [-0.15, -0.1) is 0 Å². The highest BCUT2D eigenvalue weighted by Crippen LogP contribution is 2.33. The van der Waals surface area contributed by atoms with E-state index in [0.29, 0.717) is 41.2 Å². The van der Waals surface area contributed by atoms with Crippen molar-refractivity contribution in [3.8, 4) is 11.4 Å². The van der Waals surface area contributed by atoms with Crippen LogP contribution < -0.4 is 16.4 Å². The molecule has 3 aromatic rings. The van der Waals surface area contributed by atoms with E-state index in [-0.39, 0.29) is 22.9 Å². The number of benzene rings is 2. The SMILES string of the molecule is C=C(N=Cc1nc(-c2c(F)cccc2Cl)n(C[C@H]2CCNC2)c1N)NCc1ccccc1F. The molecule has 2 aromatic carbocycles. The molecule has 2 heterocycles. The van der Waals surface area contributed by atoms with Gasteiger partial charge in [0.15, 0.2) is 0 Å². The molecule has 1 saturated heterocycles. The van der Waals surface area contributed by atoms with E-state index >= 15 is 0 Å². The highest BCUT2D eigenvalue weighted by Gasteiger charge is 2.24. The van der Waals surface area contributed by atoms with Gasteiger partial charge in [0.05, 0.1) is 16.8 Å². The van der Waals surface area contributed by atoms with Gasteiger partial charge in [-0.05, 0) is 43.6 Å². The number of anilines is 1. The molecular formula is C24H25ClF2N6. The van der Waals surface area contributed by atoms with Crippen LogP contribution in [0.25, 0.3) is 11.4 Å². The van der Waals surface area contributed by atoms with Gasteiger partial charge >= 0.3 is 0 Å². The predicted octanol–water partition coefficient (Wildman–Crippen LogP) is 4.35. The molecule has 4 N–H and O–H groups in total.